The van der Waals surface area contributed by atoms with E-state index in [1.165, 1.54) is 11.8 Å². The highest BCUT2D eigenvalue weighted by Crippen LogP contribution is 2.26. The summed E-state index contributed by atoms with van der Waals surface area (Å²) in [6.07, 6.45) is 0. The van der Waals surface area contributed by atoms with Crippen molar-refractivity contribution in [3.8, 4) is 17.1 Å². The van der Waals surface area contributed by atoms with Gasteiger partial charge in [0.2, 0.25) is 5.91 Å². The number of hydrogen-bond donors (Lipinski definition) is 1. The summed E-state index contributed by atoms with van der Waals surface area (Å²) in [4.78, 5) is 12.4. The number of ether oxygens (including phenoxy) is 1. The minimum atomic E-state index is -0.145. The van der Waals surface area contributed by atoms with Gasteiger partial charge in [0.1, 0.15) is 5.75 Å². The van der Waals surface area contributed by atoms with Crippen LogP contribution in [0.25, 0.3) is 11.4 Å². The van der Waals surface area contributed by atoms with Crippen molar-refractivity contribution in [1.29, 1.82) is 0 Å². The number of benzene rings is 2. The predicted molar refractivity (Wildman–Crippen MR) is 111 cm³/mol. The lowest BCUT2D eigenvalue weighted by Crippen LogP contribution is -2.28. The van der Waals surface area contributed by atoms with Gasteiger partial charge in [-0.1, -0.05) is 60.3 Å². The molecule has 1 N–H and O–H groups in total. The van der Waals surface area contributed by atoms with E-state index in [1.807, 2.05) is 73.0 Å². The topological polar surface area (TPSA) is 69.0 Å². The van der Waals surface area contributed by atoms with Gasteiger partial charge in [-0.15, -0.1) is 10.2 Å². The number of carbonyl (C=O) groups excluding carboxylic acids is 1. The first kappa shape index (κ1) is 19.9. The summed E-state index contributed by atoms with van der Waals surface area (Å²) in [5.74, 6) is 1.79. The average Bonchev–Trinajstić information content (AvgIpc) is 3.15. The molecular formula is C21H24N4O2S. The summed E-state index contributed by atoms with van der Waals surface area (Å²) in [5.41, 5.74) is 1.96. The van der Waals surface area contributed by atoms with Crippen molar-refractivity contribution in [3.05, 3.63) is 60.2 Å². The van der Waals surface area contributed by atoms with Crippen LogP contribution in [0.15, 0.2) is 59.8 Å². The first-order valence-electron chi connectivity index (χ1n) is 9.17. The van der Waals surface area contributed by atoms with Crippen molar-refractivity contribution >= 4 is 17.7 Å². The molecule has 0 spiro atoms. The van der Waals surface area contributed by atoms with Crippen LogP contribution in [0, 0.1) is 0 Å². The molecule has 0 bridgehead atoms. The second-order valence-corrected chi connectivity index (χ2v) is 7.18. The highest BCUT2D eigenvalue weighted by molar-refractivity contribution is 7.99. The van der Waals surface area contributed by atoms with Crippen molar-refractivity contribution in [2.75, 3.05) is 12.9 Å². The quantitative estimate of drug-likeness (QED) is 0.584. The van der Waals surface area contributed by atoms with Crippen molar-refractivity contribution in [1.82, 2.24) is 20.1 Å². The molecule has 0 aliphatic heterocycles. The molecule has 1 aromatic heterocycles. The molecule has 7 heteroatoms. The van der Waals surface area contributed by atoms with Gasteiger partial charge in [-0.3, -0.25) is 4.79 Å². The summed E-state index contributed by atoms with van der Waals surface area (Å²) >= 11 is 1.39. The molecular weight excluding hydrogens is 372 g/mol. The number of hydrogen-bond acceptors (Lipinski definition) is 5. The number of nitrogens with zero attached hydrogens (tertiary/aromatic N) is 3. The Balaban J connectivity index is 1.64. The minimum absolute atomic E-state index is 0.0599. The van der Waals surface area contributed by atoms with Crippen LogP contribution in [0.1, 0.15) is 25.5 Å². The van der Waals surface area contributed by atoms with Gasteiger partial charge >= 0.3 is 0 Å². The molecule has 0 fully saturated rings. The predicted octanol–water partition coefficient (Wildman–Crippen LogP) is 3.94. The van der Waals surface area contributed by atoms with E-state index in [4.69, 9.17) is 4.74 Å². The first-order valence-corrected chi connectivity index (χ1v) is 10.2. The SMILES string of the molecule is CCn1c(SCC(=O)NC(C)c2ccccc2OC)nnc1-c1ccccc1. The van der Waals surface area contributed by atoms with E-state index in [2.05, 4.69) is 15.5 Å². The van der Waals surface area contributed by atoms with E-state index in [9.17, 15) is 4.79 Å². The van der Waals surface area contributed by atoms with Crippen LogP contribution >= 0.6 is 11.8 Å². The average molecular weight is 397 g/mol. The van der Waals surface area contributed by atoms with Crippen molar-refractivity contribution in [2.24, 2.45) is 0 Å². The van der Waals surface area contributed by atoms with Crippen molar-refractivity contribution < 1.29 is 9.53 Å². The monoisotopic (exact) mass is 396 g/mol. The van der Waals surface area contributed by atoms with Crippen molar-refractivity contribution in [2.45, 2.75) is 31.6 Å². The zero-order chi connectivity index (χ0) is 19.9. The third kappa shape index (κ3) is 4.54. The largest absolute Gasteiger partial charge is 0.496 e. The maximum absolute atomic E-state index is 12.4. The van der Waals surface area contributed by atoms with Crippen LogP contribution in [-0.2, 0) is 11.3 Å². The Morgan fingerprint density at radius 2 is 1.86 bits per heavy atom. The number of rotatable bonds is 8. The Kier molecular flexibility index (Phi) is 6.71. The number of amides is 1. The number of para-hydroxylation sites is 1. The molecule has 2 aromatic carbocycles. The van der Waals surface area contributed by atoms with Crippen LogP contribution in [0.4, 0.5) is 0 Å². The third-order valence-electron chi connectivity index (χ3n) is 4.38. The van der Waals surface area contributed by atoms with Gasteiger partial charge in [-0.2, -0.15) is 0 Å². The van der Waals surface area contributed by atoms with Gasteiger partial charge in [-0.05, 0) is 19.9 Å². The van der Waals surface area contributed by atoms with Gasteiger partial charge < -0.3 is 14.6 Å². The number of thioether (sulfide) groups is 1. The highest BCUT2D eigenvalue weighted by atomic mass is 32.2. The fourth-order valence-corrected chi connectivity index (χ4v) is 3.81. The first-order chi connectivity index (χ1) is 13.6. The number of aromatic nitrogens is 3. The number of nitrogens with one attached hydrogen (secondary N) is 1. The lowest BCUT2D eigenvalue weighted by molar-refractivity contribution is -0.119. The van der Waals surface area contributed by atoms with Crippen LogP contribution in [0.3, 0.4) is 0 Å². The summed E-state index contributed by atoms with van der Waals surface area (Å²) in [5, 5.41) is 12.3. The Morgan fingerprint density at radius 3 is 2.57 bits per heavy atom. The second-order valence-electron chi connectivity index (χ2n) is 6.24. The van der Waals surface area contributed by atoms with Gasteiger partial charge in [-0.25, -0.2) is 0 Å². The van der Waals surface area contributed by atoms with Gasteiger partial charge in [0.25, 0.3) is 0 Å². The highest BCUT2D eigenvalue weighted by Gasteiger charge is 2.17. The molecule has 28 heavy (non-hydrogen) atoms. The Labute approximate surface area is 169 Å². The zero-order valence-electron chi connectivity index (χ0n) is 16.3. The fraction of sp³-hybridized carbons (Fsp3) is 0.286. The van der Waals surface area contributed by atoms with E-state index in [0.29, 0.717) is 0 Å². The molecule has 1 atom stereocenters. The van der Waals surface area contributed by atoms with Gasteiger partial charge in [0.05, 0.1) is 18.9 Å². The molecule has 1 heterocycles. The molecule has 0 aliphatic rings. The second kappa shape index (κ2) is 9.41. The number of methoxy groups -OCH3 is 1. The van der Waals surface area contributed by atoms with E-state index in [0.717, 1.165) is 34.4 Å². The smallest absolute Gasteiger partial charge is 0.230 e. The summed E-state index contributed by atoms with van der Waals surface area (Å²) < 4.78 is 7.40. The normalized spacial score (nSPS) is 11.8. The van der Waals surface area contributed by atoms with E-state index in [1.54, 1.807) is 7.11 Å². The van der Waals surface area contributed by atoms with E-state index < -0.39 is 0 Å². The Bertz CT molecular complexity index is 927. The van der Waals surface area contributed by atoms with Crippen LogP contribution in [0.5, 0.6) is 5.75 Å². The summed E-state index contributed by atoms with van der Waals surface area (Å²) in [6.45, 7) is 4.73. The zero-order valence-corrected chi connectivity index (χ0v) is 17.1. The van der Waals surface area contributed by atoms with Crippen LogP contribution in [-0.4, -0.2) is 33.5 Å². The Hall–Kier alpha value is -2.80. The van der Waals surface area contributed by atoms with Gasteiger partial charge in [0.15, 0.2) is 11.0 Å². The maximum atomic E-state index is 12.4. The fourth-order valence-electron chi connectivity index (χ4n) is 3.00. The lowest BCUT2D eigenvalue weighted by atomic mass is 10.1. The molecule has 0 radical (unpaired) electrons. The molecule has 0 saturated carbocycles. The number of carbonyl (C=O) groups is 1. The van der Waals surface area contributed by atoms with Crippen LogP contribution < -0.4 is 10.1 Å². The van der Waals surface area contributed by atoms with Gasteiger partial charge in [0, 0.05) is 17.7 Å². The van der Waals surface area contributed by atoms with Crippen LogP contribution in [0.2, 0.25) is 0 Å². The van der Waals surface area contributed by atoms with Crippen molar-refractivity contribution in [3.63, 3.8) is 0 Å². The standard InChI is InChI=1S/C21H24N4O2S/c1-4-25-20(16-10-6-5-7-11-16)23-24-21(25)28-14-19(26)22-15(2)17-12-8-9-13-18(17)27-3/h5-13,15H,4,14H2,1-3H3,(H,22,26). The lowest BCUT2D eigenvalue weighted by Gasteiger charge is -2.17. The third-order valence-corrected chi connectivity index (χ3v) is 5.35. The molecule has 1 unspecified atom stereocenters. The molecule has 3 rings (SSSR count). The molecule has 3 aromatic rings. The molecule has 6 nitrogen and oxygen atoms in total. The maximum Gasteiger partial charge on any atom is 0.230 e. The Morgan fingerprint density at radius 1 is 1.14 bits per heavy atom. The molecule has 146 valence electrons. The molecule has 0 saturated heterocycles. The van der Waals surface area contributed by atoms with E-state index >= 15 is 0 Å². The molecule has 1 amide bonds. The van der Waals surface area contributed by atoms with E-state index in [-0.39, 0.29) is 17.7 Å². The minimum Gasteiger partial charge on any atom is -0.496 e. The summed E-state index contributed by atoms with van der Waals surface area (Å²) in [7, 11) is 1.63. The molecule has 0 aliphatic carbocycles. The summed E-state index contributed by atoms with van der Waals surface area (Å²) in [6, 6.07) is 17.5.